The van der Waals surface area contributed by atoms with Crippen LogP contribution >= 0.6 is 0 Å². The third-order valence-electron chi connectivity index (χ3n) is 6.65. The summed E-state index contributed by atoms with van der Waals surface area (Å²) in [5, 5.41) is 7.23. The zero-order valence-electron chi connectivity index (χ0n) is 17.8. The number of halogens is 1. The van der Waals surface area contributed by atoms with Crippen molar-refractivity contribution >= 4 is 37.5 Å². The molecule has 1 aliphatic heterocycles. The van der Waals surface area contributed by atoms with Crippen molar-refractivity contribution in [3.63, 3.8) is 0 Å². The average Bonchev–Trinajstić information content (AvgIpc) is 3.17. The zero-order chi connectivity index (χ0) is 22.5. The smallest absolute Gasteiger partial charge is 0.240 e. The van der Waals surface area contributed by atoms with Crippen molar-refractivity contribution < 1.29 is 12.8 Å². The van der Waals surface area contributed by atoms with E-state index in [2.05, 4.69) is 16.8 Å². The molecule has 5 rings (SSSR count). The minimum absolute atomic E-state index is 0.0929. The fourth-order valence-corrected chi connectivity index (χ4v) is 5.77. The topological polar surface area (TPSA) is 92.1 Å². The van der Waals surface area contributed by atoms with E-state index in [0.717, 1.165) is 53.6 Å². The Labute approximate surface area is 186 Å². The fraction of sp³-hybridized carbons (Fsp3) is 0.292. The number of H-pyrrole nitrogens is 1. The van der Waals surface area contributed by atoms with Crippen LogP contribution in [0.2, 0.25) is 0 Å². The number of nitrogens with two attached hydrogens (primary N) is 1. The van der Waals surface area contributed by atoms with Crippen LogP contribution in [0.5, 0.6) is 0 Å². The number of hydrogen-bond acceptors (Lipinski definition) is 4. The highest BCUT2D eigenvalue weighted by molar-refractivity contribution is 7.89. The number of rotatable bonds is 4. The fourth-order valence-electron chi connectivity index (χ4n) is 5.05. The van der Waals surface area contributed by atoms with E-state index in [1.54, 1.807) is 12.3 Å². The molecule has 32 heavy (non-hydrogen) atoms. The van der Waals surface area contributed by atoms with Gasteiger partial charge in [-0.3, -0.25) is 4.98 Å². The van der Waals surface area contributed by atoms with Crippen molar-refractivity contribution in [2.75, 3.05) is 18.0 Å². The molecular formula is C24H25FN4O2S. The first-order chi connectivity index (χ1) is 15.4. The molecule has 1 saturated heterocycles. The number of hydrogen-bond donors (Lipinski definition) is 2. The minimum atomic E-state index is -3.86. The molecule has 6 nitrogen and oxygen atoms in total. The van der Waals surface area contributed by atoms with Gasteiger partial charge in [-0.1, -0.05) is 25.5 Å². The lowest BCUT2D eigenvalue weighted by Gasteiger charge is -2.39. The van der Waals surface area contributed by atoms with Crippen molar-refractivity contribution in [2.24, 2.45) is 11.1 Å². The number of primary sulfonamides is 1. The van der Waals surface area contributed by atoms with Crippen molar-refractivity contribution in [2.45, 2.75) is 30.6 Å². The summed E-state index contributed by atoms with van der Waals surface area (Å²) in [5.74, 6) is 0.353. The summed E-state index contributed by atoms with van der Waals surface area (Å²) in [7, 11) is -3.86. The number of nitrogens with zero attached hydrogens (tertiary/aromatic N) is 2. The van der Waals surface area contributed by atoms with Gasteiger partial charge in [0.2, 0.25) is 10.0 Å². The number of para-hydroxylation sites is 1. The van der Waals surface area contributed by atoms with Gasteiger partial charge in [-0.15, -0.1) is 0 Å². The molecule has 8 heteroatoms. The molecule has 166 valence electrons. The lowest BCUT2D eigenvalue weighted by molar-refractivity contribution is 0.344. The van der Waals surface area contributed by atoms with Gasteiger partial charge in [-0.05, 0) is 48.7 Å². The molecule has 0 saturated carbocycles. The second-order valence-electron chi connectivity index (χ2n) is 8.45. The average molecular weight is 453 g/mol. The summed E-state index contributed by atoms with van der Waals surface area (Å²) in [5.41, 5.74) is 3.39. The second kappa shape index (κ2) is 7.86. The minimum Gasteiger partial charge on any atom is -0.371 e. The summed E-state index contributed by atoms with van der Waals surface area (Å²) in [6.45, 7) is 3.87. The van der Waals surface area contributed by atoms with Crippen molar-refractivity contribution in [1.82, 2.24) is 9.97 Å². The molecule has 0 aliphatic carbocycles. The summed E-state index contributed by atoms with van der Waals surface area (Å²) < 4.78 is 37.6. The maximum Gasteiger partial charge on any atom is 0.240 e. The third kappa shape index (κ3) is 3.53. The number of nitrogens with one attached hydrogen (secondary N) is 1. The first-order valence-electron chi connectivity index (χ1n) is 10.8. The van der Waals surface area contributed by atoms with Crippen LogP contribution in [0.1, 0.15) is 31.4 Å². The summed E-state index contributed by atoms with van der Waals surface area (Å²) in [6, 6.07) is 13.7. The number of aromatic nitrogens is 2. The van der Waals surface area contributed by atoms with E-state index >= 15 is 0 Å². The van der Waals surface area contributed by atoms with E-state index in [-0.39, 0.29) is 16.6 Å². The summed E-state index contributed by atoms with van der Waals surface area (Å²) in [4.78, 5) is 10.5. The Hall–Kier alpha value is -2.97. The van der Waals surface area contributed by atoms with Gasteiger partial charge < -0.3 is 9.88 Å². The van der Waals surface area contributed by atoms with Gasteiger partial charge in [0, 0.05) is 41.7 Å². The van der Waals surface area contributed by atoms with E-state index in [0.29, 0.717) is 11.4 Å². The highest BCUT2D eigenvalue weighted by atomic mass is 32.2. The monoisotopic (exact) mass is 452 g/mol. The molecule has 2 aromatic heterocycles. The number of fused-ring (bicyclic) bond motifs is 3. The number of anilines is 1. The predicted molar refractivity (Wildman–Crippen MR) is 125 cm³/mol. The Morgan fingerprint density at radius 1 is 1.12 bits per heavy atom. The first kappa shape index (κ1) is 20.9. The highest BCUT2D eigenvalue weighted by Gasteiger charge is 2.32. The van der Waals surface area contributed by atoms with Crippen LogP contribution in [0.3, 0.4) is 0 Å². The van der Waals surface area contributed by atoms with Crippen LogP contribution < -0.4 is 10.0 Å². The van der Waals surface area contributed by atoms with Crippen LogP contribution in [0.25, 0.3) is 21.8 Å². The molecule has 1 aliphatic rings. The van der Waals surface area contributed by atoms with Crippen LogP contribution in [-0.4, -0.2) is 31.5 Å². The lowest BCUT2D eigenvalue weighted by atomic mass is 9.80. The van der Waals surface area contributed by atoms with E-state index in [4.69, 9.17) is 10.1 Å². The molecule has 2 unspecified atom stereocenters. The highest BCUT2D eigenvalue weighted by Crippen LogP contribution is 2.40. The van der Waals surface area contributed by atoms with Crippen LogP contribution in [-0.2, 0) is 10.0 Å². The van der Waals surface area contributed by atoms with Gasteiger partial charge in [0.05, 0.1) is 16.7 Å². The van der Waals surface area contributed by atoms with Crippen LogP contribution in [0, 0.1) is 11.7 Å². The van der Waals surface area contributed by atoms with E-state index < -0.39 is 10.0 Å². The zero-order valence-corrected chi connectivity index (χ0v) is 18.6. The normalized spacial score (nSPS) is 19.7. The number of aromatic amines is 1. The molecule has 0 radical (unpaired) electrons. The first-order valence-corrected chi connectivity index (χ1v) is 12.3. The van der Waals surface area contributed by atoms with Gasteiger partial charge in [-0.2, -0.15) is 0 Å². The van der Waals surface area contributed by atoms with Crippen LogP contribution in [0.4, 0.5) is 10.1 Å². The van der Waals surface area contributed by atoms with Crippen LogP contribution in [0.15, 0.2) is 59.6 Å². The molecule has 0 bridgehead atoms. The Balaban J connectivity index is 1.56. The van der Waals surface area contributed by atoms with E-state index in [1.807, 2.05) is 24.3 Å². The largest absolute Gasteiger partial charge is 0.371 e. The van der Waals surface area contributed by atoms with Gasteiger partial charge in [0.1, 0.15) is 10.7 Å². The third-order valence-corrected chi connectivity index (χ3v) is 7.61. The maximum atomic E-state index is 13.3. The van der Waals surface area contributed by atoms with Crippen molar-refractivity contribution in [3.8, 4) is 0 Å². The molecular weight excluding hydrogens is 427 g/mol. The van der Waals surface area contributed by atoms with E-state index in [1.165, 1.54) is 18.2 Å². The second-order valence-corrected chi connectivity index (χ2v) is 9.98. The number of pyridine rings is 1. The van der Waals surface area contributed by atoms with Crippen molar-refractivity contribution in [1.29, 1.82) is 0 Å². The Morgan fingerprint density at radius 2 is 1.88 bits per heavy atom. The van der Waals surface area contributed by atoms with Crippen molar-refractivity contribution in [3.05, 3.63) is 66.2 Å². The standard InChI is InChI=1S/C24H25FN4O2S/c1-2-15-14-29(17-8-6-16(25)7-9-17)13-11-18(15)23-24-20(10-12-27-23)19-4-3-5-21(22(19)28-24)32(26,30)31/h3-10,12,15,18,28H,2,11,13-14H2,1H3,(H2,26,30,31). The molecule has 2 aromatic carbocycles. The maximum absolute atomic E-state index is 13.3. The molecule has 0 amide bonds. The molecule has 1 fully saturated rings. The lowest BCUT2D eigenvalue weighted by Crippen LogP contribution is -2.39. The SMILES string of the molecule is CCC1CN(c2ccc(F)cc2)CCC1c1nccc2c1[nH]c1c(S(N)(=O)=O)cccc12. The molecule has 4 aromatic rings. The Kier molecular flexibility index (Phi) is 5.14. The van der Waals surface area contributed by atoms with E-state index in [9.17, 15) is 12.8 Å². The number of benzene rings is 2. The summed E-state index contributed by atoms with van der Waals surface area (Å²) in [6.07, 6.45) is 3.68. The molecule has 3 N–H and O–H groups in total. The number of piperidine rings is 1. The molecule has 0 spiro atoms. The Bertz CT molecular complexity index is 1400. The van der Waals surface area contributed by atoms with Gasteiger partial charge in [0.25, 0.3) is 0 Å². The molecule has 3 heterocycles. The van der Waals surface area contributed by atoms with Gasteiger partial charge >= 0.3 is 0 Å². The molecule has 2 atom stereocenters. The number of sulfonamides is 1. The van der Waals surface area contributed by atoms with Gasteiger partial charge in [0.15, 0.2) is 0 Å². The summed E-state index contributed by atoms with van der Waals surface area (Å²) >= 11 is 0. The van der Waals surface area contributed by atoms with Gasteiger partial charge in [-0.25, -0.2) is 17.9 Å². The predicted octanol–water partition coefficient (Wildman–Crippen LogP) is 4.52. The Morgan fingerprint density at radius 3 is 2.59 bits per heavy atom. The quantitative estimate of drug-likeness (QED) is 0.476.